The van der Waals surface area contributed by atoms with Crippen molar-refractivity contribution in [1.82, 2.24) is 9.88 Å². The standard InChI is InChI=1S/C18H19Cl3N4O/c1-2-24-5-7-25(8-6-24)16-4-3-13(19)10-15(16)23-18(26)12-9-14(20)17(21)22-11-12/h3-4,9-11H,2,5-8H2,1H3,(H,23,26). The van der Waals surface area contributed by atoms with Crippen LogP contribution in [0.5, 0.6) is 0 Å². The molecule has 1 aliphatic heterocycles. The highest BCUT2D eigenvalue weighted by Crippen LogP contribution is 2.31. The Morgan fingerprint density at radius 2 is 1.88 bits per heavy atom. The summed E-state index contributed by atoms with van der Waals surface area (Å²) in [5.74, 6) is -0.313. The van der Waals surface area contributed by atoms with E-state index >= 15 is 0 Å². The van der Waals surface area contributed by atoms with Gasteiger partial charge in [0.1, 0.15) is 5.15 Å². The number of nitrogens with zero attached hydrogens (tertiary/aromatic N) is 3. The lowest BCUT2D eigenvalue weighted by atomic mass is 10.2. The molecule has 26 heavy (non-hydrogen) atoms. The van der Waals surface area contributed by atoms with Gasteiger partial charge in [0.15, 0.2) is 0 Å². The molecule has 0 spiro atoms. The van der Waals surface area contributed by atoms with Gasteiger partial charge in [0, 0.05) is 37.4 Å². The normalized spacial score (nSPS) is 15.2. The highest BCUT2D eigenvalue weighted by atomic mass is 35.5. The number of likely N-dealkylation sites (N-methyl/N-ethyl adjacent to an activating group) is 1. The van der Waals surface area contributed by atoms with Gasteiger partial charge in [-0.3, -0.25) is 4.79 Å². The number of halogens is 3. The van der Waals surface area contributed by atoms with Crippen LogP contribution in [0.15, 0.2) is 30.5 Å². The molecule has 2 aromatic rings. The smallest absolute Gasteiger partial charge is 0.257 e. The van der Waals surface area contributed by atoms with Crippen LogP contribution in [0.25, 0.3) is 0 Å². The first kappa shape index (κ1) is 19.2. The van der Waals surface area contributed by atoms with Crippen molar-refractivity contribution in [2.75, 3.05) is 42.9 Å². The van der Waals surface area contributed by atoms with Crippen molar-refractivity contribution in [1.29, 1.82) is 0 Å². The molecule has 0 atom stereocenters. The third-order valence-electron chi connectivity index (χ3n) is 4.43. The van der Waals surface area contributed by atoms with E-state index in [4.69, 9.17) is 34.8 Å². The first-order valence-electron chi connectivity index (χ1n) is 8.37. The maximum atomic E-state index is 12.6. The number of benzene rings is 1. The van der Waals surface area contributed by atoms with Crippen molar-refractivity contribution in [2.45, 2.75) is 6.92 Å². The topological polar surface area (TPSA) is 48.5 Å². The Bertz CT molecular complexity index is 807. The fourth-order valence-electron chi connectivity index (χ4n) is 2.93. The minimum absolute atomic E-state index is 0.167. The highest BCUT2D eigenvalue weighted by molar-refractivity contribution is 6.41. The summed E-state index contributed by atoms with van der Waals surface area (Å²) in [5, 5.41) is 3.88. The summed E-state index contributed by atoms with van der Waals surface area (Å²) in [6, 6.07) is 7.02. The second-order valence-electron chi connectivity index (χ2n) is 6.03. The Balaban J connectivity index is 1.81. The van der Waals surface area contributed by atoms with Gasteiger partial charge < -0.3 is 15.1 Å². The zero-order chi connectivity index (χ0) is 18.7. The number of aromatic nitrogens is 1. The molecule has 1 saturated heterocycles. The number of carbonyl (C=O) groups is 1. The van der Waals surface area contributed by atoms with Gasteiger partial charge in [0.05, 0.1) is 22.0 Å². The molecule has 2 heterocycles. The molecule has 5 nitrogen and oxygen atoms in total. The number of anilines is 2. The number of carbonyl (C=O) groups excluding carboxylic acids is 1. The Labute approximate surface area is 167 Å². The molecule has 1 amide bonds. The monoisotopic (exact) mass is 412 g/mol. The van der Waals surface area contributed by atoms with Crippen LogP contribution in [0.4, 0.5) is 11.4 Å². The molecule has 8 heteroatoms. The Kier molecular flexibility index (Phi) is 6.24. The number of nitrogens with one attached hydrogen (secondary N) is 1. The number of amides is 1. The summed E-state index contributed by atoms with van der Waals surface area (Å²) < 4.78 is 0. The van der Waals surface area contributed by atoms with E-state index in [1.807, 2.05) is 12.1 Å². The van der Waals surface area contributed by atoms with E-state index in [1.165, 1.54) is 12.3 Å². The van der Waals surface area contributed by atoms with Gasteiger partial charge in [-0.25, -0.2) is 4.98 Å². The summed E-state index contributed by atoms with van der Waals surface area (Å²) in [6.07, 6.45) is 1.40. The van der Waals surface area contributed by atoms with Crippen molar-refractivity contribution in [3.8, 4) is 0 Å². The molecule has 0 saturated carbocycles. The Morgan fingerprint density at radius 1 is 1.15 bits per heavy atom. The summed E-state index contributed by atoms with van der Waals surface area (Å²) in [6.45, 7) is 6.98. The molecule has 0 radical (unpaired) electrons. The van der Waals surface area contributed by atoms with E-state index in [1.54, 1.807) is 6.07 Å². The van der Waals surface area contributed by atoms with Crippen LogP contribution in [-0.4, -0.2) is 48.5 Å². The van der Waals surface area contributed by atoms with E-state index in [2.05, 4.69) is 27.0 Å². The molecule has 1 aromatic carbocycles. The van der Waals surface area contributed by atoms with E-state index in [-0.39, 0.29) is 16.1 Å². The lowest BCUT2D eigenvalue weighted by Gasteiger charge is -2.36. The molecule has 1 aromatic heterocycles. The molecule has 3 rings (SSSR count). The fourth-order valence-corrected chi connectivity index (χ4v) is 3.37. The first-order valence-corrected chi connectivity index (χ1v) is 9.50. The van der Waals surface area contributed by atoms with Crippen molar-refractivity contribution in [3.05, 3.63) is 51.2 Å². The van der Waals surface area contributed by atoms with Crippen LogP contribution in [-0.2, 0) is 0 Å². The molecular weight excluding hydrogens is 395 g/mol. The molecule has 0 bridgehead atoms. The second kappa shape index (κ2) is 8.44. The van der Waals surface area contributed by atoms with Gasteiger partial charge >= 0.3 is 0 Å². The largest absolute Gasteiger partial charge is 0.367 e. The van der Waals surface area contributed by atoms with Crippen LogP contribution in [0.1, 0.15) is 17.3 Å². The quantitative estimate of drug-likeness (QED) is 0.753. The van der Waals surface area contributed by atoms with E-state index in [0.717, 1.165) is 38.4 Å². The molecule has 0 aliphatic carbocycles. The summed E-state index contributed by atoms with van der Waals surface area (Å²) >= 11 is 17.9. The van der Waals surface area contributed by atoms with Gasteiger partial charge in [-0.2, -0.15) is 0 Å². The number of pyridine rings is 1. The van der Waals surface area contributed by atoms with Crippen molar-refractivity contribution < 1.29 is 4.79 Å². The lowest BCUT2D eigenvalue weighted by Crippen LogP contribution is -2.46. The third-order valence-corrected chi connectivity index (χ3v) is 5.35. The maximum absolute atomic E-state index is 12.6. The minimum atomic E-state index is -0.313. The van der Waals surface area contributed by atoms with Gasteiger partial charge in [-0.05, 0) is 30.8 Å². The third kappa shape index (κ3) is 4.41. The van der Waals surface area contributed by atoms with Crippen molar-refractivity contribution in [3.63, 3.8) is 0 Å². The van der Waals surface area contributed by atoms with Crippen LogP contribution in [0.2, 0.25) is 15.2 Å². The molecular formula is C18H19Cl3N4O. The SMILES string of the molecule is CCN1CCN(c2ccc(Cl)cc2NC(=O)c2cnc(Cl)c(Cl)c2)CC1. The van der Waals surface area contributed by atoms with Crippen LogP contribution >= 0.6 is 34.8 Å². The molecule has 138 valence electrons. The van der Waals surface area contributed by atoms with Crippen LogP contribution < -0.4 is 10.2 Å². The summed E-state index contributed by atoms with van der Waals surface area (Å²) in [7, 11) is 0. The van der Waals surface area contributed by atoms with Crippen molar-refractivity contribution >= 4 is 52.1 Å². The van der Waals surface area contributed by atoms with Gasteiger partial charge in [0.25, 0.3) is 5.91 Å². The number of hydrogen-bond donors (Lipinski definition) is 1. The van der Waals surface area contributed by atoms with Gasteiger partial charge in [-0.1, -0.05) is 41.7 Å². The molecule has 1 fully saturated rings. The van der Waals surface area contributed by atoms with Crippen molar-refractivity contribution in [2.24, 2.45) is 0 Å². The predicted octanol–water partition coefficient (Wildman–Crippen LogP) is 4.44. The first-order chi connectivity index (χ1) is 12.5. The van der Waals surface area contributed by atoms with E-state index in [0.29, 0.717) is 16.3 Å². The zero-order valence-corrected chi connectivity index (χ0v) is 16.6. The molecule has 1 aliphatic rings. The second-order valence-corrected chi connectivity index (χ2v) is 7.24. The number of piperazine rings is 1. The maximum Gasteiger partial charge on any atom is 0.257 e. The van der Waals surface area contributed by atoms with Crippen LogP contribution in [0, 0.1) is 0 Å². The average Bonchev–Trinajstić information content (AvgIpc) is 2.64. The number of rotatable bonds is 4. The minimum Gasteiger partial charge on any atom is -0.367 e. The number of hydrogen-bond acceptors (Lipinski definition) is 4. The zero-order valence-electron chi connectivity index (χ0n) is 14.3. The Morgan fingerprint density at radius 3 is 2.54 bits per heavy atom. The fraction of sp³-hybridized carbons (Fsp3) is 0.333. The van der Waals surface area contributed by atoms with Gasteiger partial charge in [-0.15, -0.1) is 0 Å². The van der Waals surface area contributed by atoms with E-state index in [9.17, 15) is 4.79 Å². The Hall–Kier alpha value is -1.53. The highest BCUT2D eigenvalue weighted by Gasteiger charge is 2.20. The molecule has 1 N–H and O–H groups in total. The average molecular weight is 414 g/mol. The van der Waals surface area contributed by atoms with Crippen LogP contribution in [0.3, 0.4) is 0 Å². The van der Waals surface area contributed by atoms with E-state index < -0.39 is 0 Å². The predicted molar refractivity (Wildman–Crippen MR) is 108 cm³/mol. The van der Waals surface area contributed by atoms with Gasteiger partial charge in [0.2, 0.25) is 0 Å². The lowest BCUT2D eigenvalue weighted by molar-refractivity contribution is 0.102. The summed E-state index contributed by atoms with van der Waals surface area (Å²) in [4.78, 5) is 21.2. The molecule has 0 unspecified atom stereocenters. The summed E-state index contributed by atoms with van der Waals surface area (Å²) in [5.41, 5.74) is 1.95.